The zero-order valence-electron chi connectivity index (χ0n) is 18.9. The van der Waals surface area contributed by atoms with Crippen molar-refractivity contribution in [2.45, 2.75) is 88.9 Å². The fourth-order valence-electron chi connectivity index (χ4n) is 8.58. The number of nitrogens with zero attached hydrogens (tertiary/aromatic N) is 1. The summed E-state index contributed by atoms with van der Waals surface area (Å²) in [5.74, 6) is -0.742. The monoisotopic (exact) mass is 443 g/mol. The Balaban J connectivity index is 1.47. The number of rotatable bonds is 2. The molecule has 7 heteroatoms. The van der Waals surface area contributed by atoms with E-state index in [0.717, 1.165) is 24.8 Å². The topological polar surface area (TPSA) is 117 Å². The number of esters is 2. The minimum Gasteiger partial charge on any atom is -0.462 e. The summed E-state index contributed by atoms with van der Waals surface area (Å²) in [6.07, 6.45) is 6.56. The Morgan fingerprint density at radius 3 is 2.56 bits per heavy atom. The van der Waals surface area contributed by atoms with Crippen molar-refractivity contribution in [3.05, 3.63) is 11.6 Å². The van der Waals surface area contributed by atoms with Crippen LogP contribution in [-0.2, 0) is 19.1 Å². The molecular formula is C25H33NO6. The summed E-state index contributed by atoms with van der Waals surface area (Å²) >= 11 is 0. The maximum atomic E-state index is 12.2. The van der Waals surface area contributed by atoms with Crippen molar-refractivity contribution >= 4 is 11.9 Å². The Morgan fingerprint density at radius 1 is 1.16 bits per heavy atom. The summed E-state index contributed by atoms with van der Waals surface area (Å²) in [6, 6.07) is 2.54. The van der Waals surface area contributed by atoms with Gasteiger partial charge in [0.05, 0.1) is 22.7 Å². The molecule has 32 heavy (non-hydrogen) atoms. The van der Waals surface area contributed by atoms with Gasteiger partial charge in [0, 0.05) is 24.8 Å². The van der Waals surface area contributed by atoms with Gasteiger partial charge in [-0.25, -0.2) is 4.79 Å². The van der Waals surface area contributed by atoms with Gasteiger partial charge in [-0.15, -0.1) is 0 Å². The number of ether oxygens (including phenoxy) is 2. The standard InChI is InChI=1S/C25H33NO6/c1-15(27)32-17-3-8-23(14-26)19-4-7-22(2)18(16-11-21(28)31-13-16)6-10-25(22,30)20(19)5-9-24(23,29)12-17/h11,17-20,29-30H,3-10,12-13H2,1-2H3/t17?,18?,19-,20-,22?,23?,24?,25?/m0/s1. The molecule has 174 valence electrons. The molecule has 1 heterocycles. The molecule has 4 saturated carbocycles. The van der Waals surface area contributed by atoms with Crippen LogP contribution >= 0.6 is 0 Å². The fourth-order valence-corrected chi connectivity index (χ4v) is 8.58. The van der Waals surface area contributed by atoms with Crippen molar-refractivity contribution in [1.82, 2.24) is 0 Å². The molecule has 0 aromatic rings. The van der Waals surface area contributed by atoms with E-state index in [1.807, 2.05) is 0 Å². The van der Waals surface area contributed by atoms with Gasteiger partial charge >= 0.3 is 11.9 Å². The molecular weight excluding hydrogens is 410 g/mol. The maximum absolute atomic E-state index is 12.2. The lowest BCUT2D eigenvalue weighted by Crippen LogP contribution is -2.68. The second kappa shape index (κ2) is 7.04. The third kappa shape index (κ3) is 2.72. The Bertz CT molecular complexity index is 924. The van der Waals surface area contributed by atoms with Gasteiger partial charge in [-0.3, -0.25) is 4.79 Å². The Labute approximate surface area is 188 Å². The smallest absolute Gasteiger partial charge is 0.331 e. The van der Waals surface area contributed by atoms with Gasteiger partial charge in [0.1, 0.15) is 12.7 Å². The van der Waals surface area contributed by atoms with Crippen LogP contribution < -0.4 is 0 Å². The van der Waals surface area contributed by atoms with Crippen LogP contribution in [0, 0.1) is 39.9 Å². The number of aliphatic hydroxyl groups is 2. The van der Waals surface area contributed by atoms with Gasteiger partial charge in [-0.1, -0.05) is 6.92 Å². The summed E-state index contributed by atoms with van der Waals surface area (Å²) in [4.78, 5) is 23.2. The zero-order valence-corrected chi connectivity index (χ0v) is 18.9. The highest BCUT2D eigenvalue weighted by molar-refractivity contribution is 5.85. The third-order valence-corrected chi connectivity index (χ3v) is 10.1. The molecule has 6 unspecified atom stereocenters. The molecule has 8 atom stereocenters. The Kier molecular flexibility index (Phi) is 4.82. The van der Waals surface area contributed by atoms with Crippen LogP contribution in [0.2, 0.25) is 0 Å². The highest BCUT2D eigenvalue weighted by atomic mass is 16.5. The van der Waals surface area contributed by atoms with Gasteiger partial charge in [0.15, 0.2) is 0 Å². The highest BCUT2D eigenvalue weighted by Gasteiger charge is 2.71. The van der Waals surface area contributed by atoms with Crippen LogP contribution in [0.25, 0.3) is 0 Å². The van der Waals surface area contributed by atoms with E-state index >= 15 is 0 Å². The molecule has 4 aliphatic carbocycles. The molecule has 2 N–H and O–H groups in total. The van der Waals surface area contributed by atoms with Crippen LogP contribution in [-0.4, -0.2) is 46.1 Å². The normalized spacial score (nSPS) is 49.7. The summed E-state index contributed by atoms with van der Waals surface area (Å²) in [7, 11) is 0. The number of nitriles is 1. The first-order chi connectivity index (χ1) is 15.1. The predicted octanol–water partition coefficient (Wildman–Crippen LogP) is 2.79. The fraction of sp³-hybridized carbons (Fsp3) is 0.800. The molecule has 0 saturated heterocycles. The first-order valence-electron chi connectivity index (χ1n) is 12.0. The number of carbonyl (C=O) groups excluding carboxylic acids is 2. The van der Waals surface area contributed by atoms with E-state index in [0.29, 0.717) is 38.7 Å². The van der Waals surface area contributed by atoms with Gasteiger partial charge in [-0.2, -0.15) is 5.26 Å². The van der Waals surface area contributed by atoms with Gasteiger partial charge in [0.2, 0.25) is 0 Å². The quantitative estimate of drug-likeness (QED) is 0.630. The number of carbonyl (C=O) groups is 2. The van der Waals surface area contributed by atoms with Crippen molar-refractivity contribution in [1.29, 1.82) is 5.26 Å². The van der Waals surface area contributed by atoms with Crippen LogP contribution in [0.5, 0.6) is 0 Å². The average molecular weight is 444 g/mol. The second-order valence-corrected chi connectivity index (χ2v) is 11.1. The molecule has 0 spiro atoms. The number of hydrogen-bond acceptors (Lipinski definition) is 7. The zero-order chi connectivity index (χ0) is 22.9. The van der Waals surface area contributed by atoms with Crippen molar-refractivity contribution in [3.63, 3.8) is 0 Å². The van der Waals surface area contributed by atoms with Gasteiger partial charge < -0.3 is 19.7 Å². The highest BCUT2D eigenvalue weighted by Crippen LogP contribution is 2.70. The average Bonchev–Trinajstić information content (AvgIpc) is 3.27. The lowest BCUT2D eigenvalue weighted by Gasteiger charge is -2.64. The minimum atomic E-state index is -1.21. The number of fused-ring (bicyclic) bond motifs is 5. The molecule has 0 bridgehead atoms. The van der Waals surface area contributed by atoms with E-state index in [2.05, 4.69) is 13.0 Å². The second-order valence-electron chi connectivity index (χ2n) is 11.1. The predicted molar refractivity (Wildman–Crippen MR) is 113 cm³/mol. The number of cyclic esters (lactones) is 1. The summed E-state index contributed by atoms with van der Waals surface area (Å²) in [6.45, 7) is 3.82. The Morgan fingerprint density at radius 2 is 1.91 bits per heavy atom. The van der Waals surface area contributed by atoms with Crippen molar-refractivity contribution in [3.8, 4) is 6.07 Å². The molecule has 4 fully saturated rings. The molecule has 5 aliphatic rings. The van der Waals surface area contributed by atoms with E-state index in [9.17, 15) is 25.1 Å². The minimum absolute atomic E-state index is 0.0740. The van der Waals surface area contributed by atoms with Crippen molar-refractivity contribution in [2.24, 2.45) is 28.6 Å². The maximum Gasteiger partial charge on any atom is 0.331 e. The summed E-state index contributed by atoms with van der Waals surface area (Å²) < 4.78 is 10.6. The lowest BCUT2D eigenvalue weighted by atomic mass is 9.41. The van der Waals surface area contributed by atoms with Crippen molar-refractivity contribution in [2.75, 3.05) is 6.61 Å². The summed E-state index contributed by atoms with van der Waals surface area (Å²) in [5, 5.41) is 34.4. The van der Waals surface area contributed by atoms with Gasteiger partial charge in [0.25, 0.3) is 0 Å². The number of hydrogen-bond donors (Lipinski definition) is 2. The molecule has 5 rings (SSSR count). The molecule has 0 radical (unpaired) electrons. The Hall–Kier alpha value is -1.91. The first kappa shape index (κ1) is 21.9. The third-order valence-electron chi connectivity index (χ3n) is 10.1. The molecule has 0 aromatic carbocycles. The van der Waals surface area contributed by atoms with E-state index in [1.165, 1.54) is 6.92 Å². The molecule has 0 aromatic heterocycles. The molecule has 7 nitrogen and oxygen atoms in total. The van der Waals surface area contributed by atoms with Crippen LogP contribution in [0.15, 0.2) is 11.6 Å². The van der Waals surface area contributed by atoms with Crippen LogP contribution in [0.1, 0.15) is 71.6 Å². The first-order valence-corrected chi connectivity index (χ1v) is 12.0. The van der Waals surface area contributed by atoms with Gasteiger partial charge in [-0.05, 0) is 74.7 Å². The van der Waals surface area contributed by atoms with E-state index in [-0.39, 0.29) is 47.6 Å². The molecule has 1 aliphatic heterocycles. The van der Waals surface area contributed by atoms with Crippen LogP contribution in [0.4, 0.5) is 0 Å². The summed E-state index contributed by atoms with van der Waals surface area (Å²) in [5.41, 5.74) is -2.48. The van der Waals surface area contributed by atoms with Crippen molar-refractivity contribution < 1.29 is 29.3 Å². The SMILES string of the molecule is CC(=O)OC1CCC2(C#N)[C@H]3CCC4(C)C(C5=CC(=O)OC5)CCC4(O)[C@H]3CCC2(O)C1. The van der Waals surface area contributed by atoms with E-state index in [4.69, 9.17) is 9.47 Å². The van der Waals surface area contributed by atoms with E-state index < -0.39 is 16.6 Å². The molecule has 0 amide bonds. The van der Waals surface area contributed by atoms with E-state index in [1.54, 1.807) is 6.08 Å². The largest absolute Gasteiger partial charge is 0.462 e. The van der Waals surface area contributed by atoms with Crippen LogP contribution in [0.3, 0.4) is 0 Å². The lowest BCUT2D eigenvalue weighted by molar-refractivity contribution is -0.244.